The zero-order chi connectivity index (χ0) is 9.94. The molecule has 4 nitrogen and oxygen atoms in total. The van der Waals surface area contributed by atoms with Crippen LogP contribution in [0.2, 0.25) is 0 Å². The van der Waals surface area contributed by atoms with Gasteiger partial charge in [0.05, 0.1) is 19.4 Å². The highest BCUT2D eigenvalue weighted by molar-refractivity contribution is 5.77. The quantitative estimate of drug-likeness (QED) is 0.422. The van der Waals surface area contributed by atoms with Crippen molar-refractivity contribution in [2.24, 2.45) is 0 Å². The monoisotopic (exact) mass is 186 g/mol. The molecule has 0 aliphatic carbocycles. The van der Waals surface area contributed by atoms with Gasteiger partial charge in [-0.05, 0) is 13.0 Å². The predicted octanol–water partition coefficient (Wildman–Crippen LogP) is 0.262. The molecule has 0 saturated heterocycles. The van der Waals surface area contributed by atoms with Gasteiger partial charge in [-0.3, -0.25) is 4.79 Å². The Kier molecular flexibility index (Phi) is 8.34. The highest BCUT2D eigenvalue weighted by Gasteiger charge is 1.97. The van der Waals surface area contributed by atoms with Crippen LogP contribution in [0.1, 0.15) is 13.3 Å². The van der Waals surface area contributed by atoms with E-state index >= 15 is 0 Å². The lowest BCUT2D eigenvalue weighted by Gasteiger charge is -2.04. The highest BCUT2D eigenvalue weighted by Crippen LogP contribution is 1.80. The van der Waals surface area contributed by atoms with Crippen LogP contribution in [-0.2, 0) is 9.53 Å². The summed E-state index contributed by atoms with van der Waals surface area (Å²) in [6.07, 6.45) is 2.21. The van der Waals surface area contributed by atoms with E-state index in [2.05, 4.69) is 17.2 Å². The summed E-state index contributed by atoms with van der Waals surface area (Å²) in [5.74, 6) is 0.0282. The fourth-order valence-electron chi connectivity index (χ4n) is 0.768. The van der Waals surface area contributed by atoms with Crippen molar-refractivity contribution in [3.63, 3.8) is 0 Å². The average molecular weight is 186 g/mol. The maximum absolute atomic E-state index is 11.0. The number of carbonyl (C=O) groups is 1. The van der Waals surface area contributed by atoms with Gasteiger partial charge >= 0.3 is 0 Å². The molecule has 0 aliphatic rings. The van der Waals surface area contributed by atoms with Gasteiger partial charge in [0.15, 0.2) is 0 Å². The molecule has 0 heterocycles. The van der Waals surface area contributed by atoms with Gasteiger partial charge in [-0.15, -0.1) is 0 Å². The molecule has 0 saturated carbocycles. The van der Waals surface area contributed by atoms with E-state index in [1.165, 1.54) is 6.26 Å². The van der Waals surface area contributed by atoms with E-state index < -0.39 is 0 Å². The van der Waals surface area contributed by atoms with Crippen molar-refractivity contribution in [2.45, 2.75) is 13.3 Å². The first-order valence-corrected chi connectivity index (χ1v) is 4.51. The lowest BCUT2D eigenvalue weighted by Crippen LogP contribution is -2.34. The Hall–Kier alpha value is -1.03. The molecule has 0 unspecified atom stereocenters. The number of ether oxygens (including phenoxy) is 1. The Morgan fingerprint density at radius 1 is 1.62 bits per heavy atom. The molecule has 0 fully saturated rings. The van der Waals surface area contributed by atoms with Gasteiger partial charge < -0.3 is 15.4 Å². The molecule has 0 aromatic rings. The van der Waals surface area contributed by atoms with Crippen molar-refractivity contribution in [3.05, 3.63) is 12.8 Å². The predicted molar refractivity (Wildman–Crippen MR) is 52.3 cm³/mol. The minimum atomic E-state index is 0.0282. The summed E-state index contributed by atoms with van der Waals surface area (Å²) in [6, 6.07) is 0. The number of rotatable bonds is 8. The fraction of sp³-hybridized carbons (Fsp3) is 0.667. The third kappa shape index (κ3) is 8.88. The van der Waals surface area contributed by atoms with Crippen molar-refractivity contribution in [3.8, 4) is 0 Å². The van der Waals surface area contributed by atoms with Crippen LogP contribution in [0.25, 0.3) is 0 Å². The van der Waals surface area contributed by atoms with Crippen molar-refractivity contribution in [1.82, 2.24) is 10.6 Å². The Balaban J connectivity index is 3.12. The molecule has 76 valence electrons. The molecule has 4 heteroatoms. The van der Waals surface area contributed by atoms with Crippen LogP contribution in [0.4, 0.5) is 0 Å². The van der Waals surface area contributed by atoms with Crippen LogP contribution in [0.3, 0.4) is 0 Å². The van der Waals surface area contributed by atoms with Crippen molar-refractivity contribution in [1.29, 1.82) is 0 Å². The van der Waals surface area contributed by atoms with E-state index in [4.69, 9.17) is 4.74 Å². The van der Waals surface area contributed by atoms with E-state index in [-0.39, 0.29) is 5.91 Å². The molecule has 0 spiro atoms. The third-order valence-corrected chi connectivity index (χ3v) is 1.41. The van der Waals surface area contributed by atoms with Gasteiger partial charge in [-0.1, -0.05) is 13.5 Å². The highest BCUT2D eigenvalue weighted by atomic mass is 16.5. The minimum Gasteiger partial charge on any atom is -0.502 e. The normalized spacial score (nSPS) is 9.31. The number of carbonyl (C=O) groups excluding carboxylic acids is 1. The molecule has 2 N–H and O–H groups in total. The lowest BCUT2D eigenvalue weighted by molar-refractivity contribution is -0.120. The average Bonchev–Trinajstić information content (AvgIpc) is 2.14. The van der Waals surface area contributed by atoms with E-state index in [1.807, 2.05) is 6.92 Å². The molecule has 1 amide bonds. The van der Waals surface area contributed by atoms with Crippen molar-refractivity contribution < 1.29 is 9.53 Å². The molecule has 0 radical (unpaired) electrons. The zero-order valence-electron chi connectivity index (χ0n) is 8.14. The van der Waals surface area contributed by atoms with Gasteiger partial charge in [0.2, 0.25) is 5.91 Å². The fourth-order valence-corrected chi connectivity index (χ4v) is 0.768. The Morgan fingerprint density at radius 3 is 3.00 bits per heavy atom. The minimum absolute atomic E-state index is 0.0282. The smallest absolute Gasteiger partial charge is 0.233 e. The van der Waals surface area contributed by atoms with Gasteiger partial charge in [-0.25, -0.2) is 0 Å². The van der Waals surface area contributed by atoms with Gasteiger partial charge in [0.25, 0.3) is 0 Å². The molecule has 0 aliphatic heterocycles. The zero-order valence-corrected chi connectivity index (χ0v) is 8.14. The van der Waals surface area contributed by atoms with Crippen LogP contribution in [0, 0.1) is 0 Å². The molecule has 0 rings (SSSR count). The molecule has 13 heavy (non-hydrogen) atoms. The summed E-state index contributed by atoms with van der Waals surface area (Å²) in [4.78, 5) is 11.0. The summed E-state index contributed by atoms with van der Waals surface area (Å²) in [5.41, 5.74) is 0. The summed E-state index contributed by atoms with van der Waals surface area (Å²) < 4.78 is 4.89. The summed E-state index contributed by atoms with van der Waals surface area (Å²) in [6.45, 7) is 7.83. The van der Waals surface area contributed by atoms with Crippen molar-refractivity contribution >= 4 is 5.91 Å². The topological polar surface area (TPSA) is 50.4 Å². The number of hydrogen-bond acceptors (Lipinski definition) is 3. The summed E-state index contributed by atoms with van der Waals surface area (Å²) in [5, 5.41) is 5.70. The second-order valence-corrected chi connectivity index (χ2v) is 2.52. The van der Waals surface area contributed by atoms with E-state index in [1.54, 1.807) is 0 Å². The largest absolute Gasteiger partial charge is 0.502 e. The molecular formula is C9H18N2O2. The number of hydrogen-bond donors (Lipinski definition) is 2. The van der Waals surface area contributed by atoms with Crippen LogP contribution in [-0.4, -0.2) is 32.1 Å². The molecule has 0 aromatic heterocycles. The van der Waals surface area contributed by atoms with Crippen molar-refractivity contribution in [2.75, 3.05) is 26.2 Å². The van der Waals surface area contributed by atoms with Crippen LogP contribution in [0.15, 0.2) is 12.8 Å². The second kappa shape index (κ2) is 9.06. The lowest BCUT2D eigenvalue weighted by atomic mass is 10.4. The number of nitrogens with one attached hydrogen (secondary N) is 2. The Morgan fingerprint density at radius 2 is 2.38 bits per heavy atom. The third-order valence-electron chi connectivity index (χ3n) is 1.41. The maximum atomic E-state index is 11.0. The standard InChI is InChI=1S/C9H18N2O2/c1-3-10-8-9(12)11-6-5-7-13-4-2/h4,10H,2-3,5-8H2,1H3,(H,11,12). The number of likely N-dealkylation sites (N-methyl/N-ethyl adjacent to an activating group) is 1. The summed E-state index contributed by atoms with van der Waals surface area (Å²) >= 11 is 0. The second-order valence-electron chi connectivity index (χ2n) is 2.52. The van der Waals surface area contributed by atoms with Crippen LogP contribution < -0.4 is 10.6 Å². The molecule has 0 atom stereocenters. The number of amides is 1. The van der Waals surface area contributed by atoms with E-state index in [0.717, 1.165) is 13.0 Å². The SMILES string of the molecule is C=COCCCNC(=O)CNCC. The van der Waals surface area contributed by atoms with Gasteiger partial charge in [0, 0.05) is 6.54 Å². The van der Waals surface area contributed by atoms with Crippen LogP contribution >= 0.6 is 0 Å². The molecule has 0 bridgehead atoms. The van der Waals surface area contributed by atoms with Crippen LogP contribution in [0.5, 0.6) is 0 Å². The Labute approximate surface area is 79.3 Å². The molecule has 0 aromatic carbocycles. The first kappa shape index (κ1) is 12.0. The van der Waals surface area contributed by atoms with Gasteiger partial charge in [-0.2, -0.15) is 0 Å². The Bertz CT molecular complexity index is 149. The van der Waals surface area contributed by atoms with Gasteiger partial charge in [0.1, 0.15) is 0 Å². The molecular weight excluding hydrogens is 168 g/mol. The first-order chi connectivity index (χ1) is 6.31. The van der Waals surface area contributed by atoms with E-state index in [0.29, 0.717) is 19.7 Å². The summed E-state index contributed by atoms with van der Waals surface area (Å²) in [7, 11) is 0. The maximum Gasteiger partial charge on any atom is 0.233 e. The van der Waals surface area contributed by atoms with E-state index in [9.17, 15) is 4.79 Å². The first-order valence-electron chi connectivity index (χ1n) is 4.51.